The van der Waals surface area contributed by atoms with Gasteiger partial charge in [0.05, 0.1) is 19.3 Å². The quantitative estimate of drug-likeness (QED) is 0.0643. The molecule has 0 amide bonds. The molecule has 0 fully saturated rings. The fraction of sp³-hybridized carbons (Fsp3) is 0.396. The number of hydrogen-bond acceptors (Lipinski definition) is 5. The number of aliphatic hydroxyl groups excluding tert-OH is 1. The van der Waals surface area contributed by atoms with Crippen molar-refractivity contribution in [1.29, 1.82) is 0 Å². The van der Waals surface area contributed by atoms with Crippen molar-refractivity contribution in [3.8, 4) is 22.4 Å². The Morgan fingerprint density at radius 1 is 0.891 bits per heavy atom. The molecule has 0 aliphatic heterocycles. The van der Waals surface area contributed by atoms with Crippen molar-refractivity contribution >= 4 is 61.5 Å². The third-order valence-corrected chi connectivity index (χ3v) is 12.8. The number of carbonyl (C=O) groups excluding carboxylic acids is 1. The van der Waals surface area contributed by atoms with E-state index in [9.17, 15) is 9.90 Å². The van der Waals surface area contributed by atoms with Gasteiger partial charge in [-0.25, -0.2) is 4.98 Å². The number of fused-ring (bicyclic) bond motifs is 4. The van der Waals surface area contributed by atoms with Gasteiger partial charge in [0.1, 0.15) is 6.33 Å². The maximum absolute atomic E-state index is 11.7. The van der Waals surface area contributed by atoms with Crippen LogP contribution in [0.15, 0.2) is 78.8 Å². The monoisotopic (exact) mass is 957 g/mol. The van der Waals surface area contributed by atoms with E-state index in [-0.39, 0.29) is 59.5 Å². The molecule has 2 aromatic heterocycles. The molecule has 4 aromatic carbocycles. The van der Waals surface area contributed by atoms with Gasteiger partial charge < -0.3 is 5.11 Å². The van der Waals surface area contributed by atoms with Crippen LogP contribution in [-0.4, -0.2) is 28.9 Å². The Balaban J connectivity index is 0.000000482. The van der Waals surface area contributed by atoms with Gasteiger partial charge in [0.2, 0.25) is 0 Å². The predicted molar refractivity (Wildman–Crippen MR) is 237 cm³/mol. The molecule has 1 N–H and O–H groups in total. The molecule has 6 rings (SSSR count). The smallest absolute Gasteiger partial charge is 0.162 e. The molecular weight excluding hydrogens is 889 g/mol. The van der Waals surface area contributed by atoms with Crippen molar-refractivity contribution in [2.75, 3.05) is 0 Å². The van der Waals surface area contributed by atoms with Crippen LogP contribution in [0.4, 0.5) is 0 Å². The van der Waals surface area contributed by atoms with Crippen LogP contribution >= 0.6 is 11.3 Å². The van der Waals surface area contributed by atoms with E-state index in [1.54, 1.807) is 24.3 Å². The molecule has 293 valence electrons. The average Bonchev–Trinajstić information content (AvgIpc) is 3.55. The molecule has 0 atom stereocenters. The molecule has 1 radical (unpaired) electrons. The SMILES string of the molecule is CCC(CC)C(=O)/C=C(\O)C(CC)CC.[2H]C([2H])([2H])[Si](c1cc(-c2ncnc3c2sc2cc(-c4c(C)cc(C(C)(C)C)cc4C)ccc23)[c-]c2ccccc12)(C([2H])([2H])[2H])C([2H])([2H])[2H].[Ir]. The van der Waals surface area contributed by atoms with E-state index in [2.05, 4.69) is 74.9 Å². The molecule has 55 heavy (non-hydrogen) atoms. The molecule has 0 aliphatic rings. The Morgan fingerprint density at radius 2 is 1.53 bits per heavy atom. The van der Waals surface area contributed by atoms with E-state index in [0.29, 0.717) is 26.9 Å². The number of nitrogens with zero attached hydrogens (tertiary/aromatic N) is 2. The van der Waals surface area contributed by atoms with Gasteiger partial charge in [-0.05, 0) is 78.8 Å². The molecule has 6 aromatic rings. The van der Waals surface area contributed by atoms with E-state index in [0.717, 1.165) is 41.3 Å². The summed E-state index contributed by atoms with van der Waals surface area (Å²) in [5, 5.41) is 11.2. The number of aliphatic hydroxyl groups is 1. The Kier molecular flexibility index (Phi) is 10.8. The number of rotatable bonds is 10. The Labute approximate surface area is 360 Å². The molecular formula is C48H59IrN2O2SSi-. The summed E-state index contributed by atoms with van der Waals surface area (Å²) in [5.74, 6) is 0.547. The molecule has 0 bridgehead atoms. The number of benzene rings is 4. The van der Waals surface area contributed by atoms with Gasteiger partial charge in [-0.3, -0.25) is 9.78 Å². The molecule has 0 spiro atoms. The number of aromatic nitrogens is 2. The van der Waals surface area contributed by atoms with E-state index in [4.69, 9.17) is 12.3 Å². The van der Waals surface area contributed by atoms with Crippen molar-refractivity contribution in [2.24, 2.45) is 11.8 Å². The second-order valence-corrected chi connectivity index (χ2v) is 18.4. The molecule has 0 saturated heterocycles. The number of thiophene rings is 1. The molecule has 0 aliphatic carbocycles. The standard InChI is InChI=1S/C35H35N2SSi.C13H24O2.Ir/c1-21-15-26(35(3,4)5)16-22(2)31(21)24-13-14-28-29(18-24)38-34-32(36-20-37-33(28)34)25-17-23-11-9-10-12-27(23)30(19-25)39(6,7)8;1-5-10(6-2)12(14)9-13(15)11(7-3)8-4;/h9-16,18-20H,1-8H3;9-11,14H,5-8H2,1-4H3;/q-1;;/b;12-9-;/i6D3,7D3,8D3;;. The minimum absolute atomic E-state index is 0. The zero-order chi connectivity index (χ0) is 47.0. The van der Waals surface area contributed by atoms with E-state index in [1.807, 2.05) is 33.8 Å². The van der Waals surface area contributed by atoms with Crippen molar-refractivity contribution < 1.29 is 42.3 Å². The first-order valence-corrected chi connectivity index (χ1v) is 21.8. The van der Waals surface area contributed by atoms with Gasteiger partial charge in [0.15, 0.2) is 5.78 Å². The van der Waals surface area contributed by atoms with Crippen molar-refractivity contribution in [3.05, 3.63) is 102 Å². The summed E-state index contributed by atoms with van der Waals surface area (Å²) in [6.45, 7) is 9.11. The molecule has 4 nitrogen and oxygen atoms in total. The normalized spacial score (nSPS) is 15.5. The second kappa shape index (κ2) is 18.2. The van der Waals surface area contributed by atoms with Crippen LogP contribution in [0.25, 0.3) is 53.5 Å². The van der Waals surface area contributed by atoms with Gasteiger partial charge in [-0.1, -0.05) is 121 Å². The van der Waals surface area contributed by atoms with Crippen molar-refractivity contribution in [1.82, 2.24) is 9.97 Å². The van der Waals surface area contributed by atoms with Crippen LogP contribution < -0.4 is 5.19 Å². The number of carbonyl (C=O) groups is 1. The van der Waals surface area contributed by atoms with Crippen LogP contribution in [0.3, 0.4) is 0 Å². The van der Waals surface area contributed by atoms with Crippen molar-refractivity contribution in [2.45, 2.75) is 113 Å². The summed E-state index contributed by atoms with van der Waals surface area (Å²) in [4.78, 5) is 20.9. The second-order valence-electron chi connectivity index (χ2n) is 15.3. The maximum Gasteiger partial charge on any atom is 0.162 e. The van der Waals surface area contributed by atoms with Crippen molar-refractivity contribution in [3.63, 3.8) is 0 Å². The summed E-state index contributed by atoms with van der Waals surface area (Å²) >= 11 is 1.48. The first-order valence-electron chi connectivity index (χ1n) is 23.5. The third kappa shape index (κ3) is 9.74. The summed E-state index contributed by atoms with van der Waals surface area (Å²) < 4.78 is 77.7. The van der Waals surface area contributed by atoms with E-state index >= 15 is 0 Å². The van der Waals surface area contributed by atoms with Crippen LogP contribution in [0.1, 0.15) is 103 Å². The predicted octanol–water partition coefficient (Wildman–Crippen LogP) is 13.5. The average molecular weight is 957 g/mol. The summed E-state index contributed by atoms with van der Waals surface area (Å²) in [6, 6.07) is 22.1. The molecule has 0 saturated carbocycles. The topological polar surface area (TPSA) is 63.1 Å². The van der Waals surface area contributed by atoms with Gasteiger partial charge in [0.25, 0.3) is 0 Å². The fourth-order valence-electron chi connectivity index (χ4n) is 7.22. The number of hydrogen-bond donors (Lipinski definition) is 1. The van der Waals surface area contributed by atoms with Crippen LogP contribution in [0.2, 0.25) is 19.4 Å². The van der Waals surface area contributed by atoms with E-state index in [1.165, 1.54) is 52.1 Å². The zero-order valence-electron chi connectivity index (χ0n) is 42.4. The Morgan fingerprint density at radius 3 is 2.13 bits per heavy atom. The molecule has 0 unspecified atom stereocenters. The largest absolute Gasteiger partial charge is 0.512 e. The maximum atomic E-state index is 11.7. The third-order valence-electron chi connectivity index (χ3n) is 10.5. The Bertz CT molecular complexity index is 2600. The minimum Gasteiger partial charge on any atom is -0.512 e. The number of allylic oxidation sites excluding steroid dienone is 2. The van der Waals surface area contributed by atoms with Crippen LogP contribution in [0, 0.1) is 31.7 Å². The van der Waals surface area contributed by atoms with Crippen LogP contribution in [-0.2, 0) is 30.3 Å². The zero-order valence-corrected chi connectivity index (χ0v) is 37.6. The molecule has 7 heteroatoms. The van der Waals surface area contributed by atoms with Gasteiger partial charge in [0, 0.05) is 70.8 Å². The first-order chi connectivity index (χ1) is 29.3. The first kappa shape index (κ1) is 32.6. The molecule has 2 heterocycles. The van der Waals surface area contributed by atoms with E-state index < -0.39 is 27.5 Å². The fourth-order valence-corrected chi connectivity index (χ4v) is 9.40. The number of ketones is 1. The number of aryl methyl sites for hydroxylation is 2. The van der Waals surface area contributed by atoms with Gasteiger partial charge in [-0.15, -0.1) is 40.1 Å². The summed E-state index contributed by atoms with van der Waals surface area (Å²) in [7, 11) is -5.34. The van der Waals surface area contributed by atoms with Gasteiger partial charge in [-0.2, -0.15) is 0 Å². The Hall–Kier alpha value is -3.48. The summed E-state index contributed by atoms with van der Waals surface area (Å²) in [6.07, 6.45) is 6.32. The minimum atomic E-state index is -5.34. The van der Waals surface area contributed by atoms with Crippen LogP contribution in [0.5, 0.6) is 0 Å². The van der Waals surface area contributed by atoms with Gasteiger partial charge >= 0.3 is 0 Å². The summed E-state index contributed by atoms with van der Waals surface area (Å²) in [5.41, 5.74) is 7.35.